The first-order valence-corrected chi connectivity index (χ1v) is 4.98. The molecule has 68 valence electrons. The summed E-state index contributed by atoms with van der Waals surface area (Å²) in [4.78, 5) is 11.5. The molecule has 0 N–H and O–H groups in total. The predicted octanol–water partition coefficient (Wildman–Crippen LogP) is 1.57. The Labute approximate surface area is 77.2 Å². The number of pyridine rings is 1. The lowest BCUT2D eigenvalue weighted by molar-refractivity contribution is 0.359. The molecule has 2 aliphatic rings. The number of nitrogens with zero attached hydrogens (tertiary/aromatic N) is 1. The van der Waals surface area contributed by atoms with Gasteiger partial charge in [-0.05, 0) is 37.2 Å². The average molecular weight is 175 g/mol. The molecule has 1 aromatic rings. The van der Waals surface area contributed by atoms with Gasteiger partial charge in [0.25, 0.3) is 5.56 Å². The number of hydrogen-bond acceptors (Lipinski definition) is 1. The van der Waals surface area contributed by atoms with Crippen LogP contribution in [-0.2, 0) is 13.0 Å². The van der Waals surface area contributed by atoms with Crippen LogP contribution in [0.1, 0.15) is 25.0 Å². The van der Waals surface area contributed by atoms with Crippen molar-refractivity contribution in [2.75, 3.05) is 0 Å². The van der Waals surface area contributed by atoms with Gasteiger partial charge in [-0.15, -0.1) is 0 Å². The van der Waals surface area contributed by atoms with E-state index in [1.54, 1.807) is 6.07 Å². The minimum absolute atomic E-state index is 0.174. The SMILES string of the molecule is O=c1cccc2n1CCC1(CC1)C2. The molecular formula is C11H13NO. The van der Waals surface area contributed by atoms with Gasteiger partial charge in [0.05, 0.1) is 0 Å². The van der Waals surface area contributed by atoms with Gasteiger partial charge in [0.1, 0.15) is 0 Å². The van der Waals surface area contributed by atoms with Gasteiger partial charge in [-0.2, -0.15) is 0 Å². The molecule has 2 nitrogen and oxygen atoms in total. The Morgan fingerprint density at radius 1 is 1.23 bits per heavy atom. The van der Waals surface area contributed by atoms with E-state index in [9.17, 15) is 4.79 Å². The van der Waals surface area contributed by atoms with Crippen LogP contribution in [0.15, 0.2) is 23.0 Å². The van der Waals surface area contributed by atoms with E-state index < -0.39 is 0 Å². The molecular weight excluding hydrogens is 162 g/mol. The highest BCUT2D eigenvalue weighted by Gasteiger charge is 2.44. The highest BCUT2D eigenvalue weighted by atomic mass is 16.1. The van der Waals surface area contributed by atoms with Crippen molar-refractivity contribution in [1.82, 2.24) is 4.57 Å². The summed E-state index contributed by atoms with van der Waals surface area (Å²) in [6.45, 7) is 0.939. The van der Waals surface area contributed by atoms with Gasteiger partial charge in [-0.3, -0.25) is 4.79 Å². The minimum atomic E-state index is 0.174. The van der Waals surface area contributed by atoms with Gasteiger partial charge in [-0.25, -0.2) is 0 Å². The highest BCUT2D eigenvalue weighted by molar-refractivity contribution is 5.15. The van der Waals surface area contributed by atoms with E-state index >= 15 is 0 Å². The standard InChI is InChI=1S/C11H13NO/c13-10-3-1-2-9-8-11(4-5-11)6-7-12(9)10/h1-3H,4-8H2. The lowest BCUT2D eigenvalue weighted by Gasteiger charge is -2.25. The highest BCUT2D eigenvalue weighted by Crippen LogP contribution is 2.53. The van der Waals surface area contributed by atoms with Crippen molar-refractivity contribution < 1.29 is 0 Å². The molecule has 1 saturated carbocycles. The Morgan fingerprint density at radius 2 is 2.08 bits per heavy atom. The number of aromatic nitrogens is 1. The molecule has 1 spiro atoms. The fourth-order valence-electron chi connectivity index (χ4n) is 2.40. The van der Waals surface area contributed by atoms with Gasteiger partial charge in [0, 0.05) is 18.3 Å². The molecule has 1 aliphatic heterocycles. The van der Waals surface area contributed by atoms with Gasteiger partial charge in [0.2, 0.25) is 0 Å². The van der Waals surface area contributed by atoms with Crippen LogP contribution in [0.3, 0.4) is 0 Å². The van der Waals surface area contributed by atoms with Crippen molar-refractivity contribution in [3.05, 3.63) is 34.2 Å². The van der Waals surface area contributed by atoms with E-state index in [1.807, 2.05) is 10.6 Å². The summed E-state index contributed by atoms with van der Waals surface area (Å²) in [6.07, 6.45) is 5.08. The normalized spacial score (nSPS) is 22.8. The summed E-state index contributed by atoms with van der Waals surface area (Å²) in [5.41, 5.74) is 2.03. The van der Waals surface area contributed by atoms with Crippen molar-refractivity contribution in [2.45, 2.75) is 32.2 Å². The first-order valence-electron chi connectivity index (χ1n) is 4.98. The van der Waals surface area contributed by atoms with Crippen LogP contribution in [-0.4, -0.2) is 4.57 Å². The van der Waals surface area contributed by atoms with Crippen molar-refractivity contribution in [3.8, 4) is 0 Å². The van der Waals surface area contributed by atoms with Crippen molar-refractivity contribution in [1.29, 1.82) is 0 Å². The number of fused-ring (bicyclic) bond motifs is 1. The number of rotatable bonds is 0. The zero-order chi connectivity index (χ0) is 8.89. The van der Waals surface area contributed by atoms with E-state index in [4.69, 9.17) is 0 Å². The maximum absolute atomic E-state index is 11.5. The fourth-order valence-corrected chi connectivity index (χ4v) is 2.40. The summed E-state index contributed by atoms with van der Waals surface area (Å²) >= 11 is 0. The maximum Gasteiger partial charge on any atom is 0.250 e. The van der Waals surface area contributed by atoms with Gasteiger partial charge < -0.3 is 4.57 Å². The molecule has 0 radical (unpaired) electrons. The molecule has 2 heterocycles. The van der Waals surface area contributed by atoms with Crippen molar-refractivity contribution >= 4 is 0 Å². The van der Waals surface area contributed by atoms with E-state index in [1.165, 1.54) is 25.0 Å². The Morgan fingerprint density at radius 3 is 2.85 bits per heavy atom. The third-order valence-electron chi connectivity index (χ3n) is 3.52. The van der Waals surface area contributed by atoms with Crippen LogP contribution >= 0.6 is 0 Å². The molecule has 3 rings (SSSR count). The van der Waals surface area contributed by atoms with E-state index in [0.29, 0.717) is 5.41 Å². The molecule has 0 atom stereocenters. The Bertz CT molecular complexity index is 401. The minimum Gasteiger partial charge on any atom is -0.313 e. The van der Waals surface area contributed by atoms with Gasteiger partial charge in [-0.1, -0.05) is 6.07 Å². The third-order valence-corrected chi connectivity index (χ3v) is 3.52. The summed E-state index contributed by atoms with van der Waals surface area (Å²) < 4.78 is 1.93. The van der Waals surface area contributed by atoms with Crippen LogP contribution in [0.25, 0.3) is 0 Å². The number of hydrogen-bond donors (Lipinski definition) is 0. The summed E-state index contributed by atoms with van der Waals surface area (Å²) in [7, 11) is 0. The van der Waals surface area contributed by atoms with E-state index in [-0.39, 0.29) is 5.56 Å². The molecule has 1 aromatic heterocycles. The lowest BCUT2D eigenvalue weighted by Crippen LogP contribution is -2.30. The van der Waals surface area contributed by atoms with Crippen LogP contribution < -0.4 is 5.56 Å². The molecule has 13 heavy (non-hydrogen) atoms. The largest absolute Gasteiger partial charge is 0.313 e. The zero-order valence-corrected chi connectivity index (χ0v) is 7.62. The third kappa shape index (κ3) is 1.05. The van der Waals surface area contributed by atoms with Crippen LogP contribution in [0.4, 0.5) is 0 Å². The summed E-state index contributed by atoms with van der Waals surface area (Å²) in [5, 5.41) is 0. The van der Waals surface area contributed by atoms with Gasteiger partial charge in [0.15, 0.2) is 0 Å². The topological polar surface area (TPSA) is 22.0 Å². The fraction of sp³-hybridized carbons (Fsp3) is 0.545. The molecule has 1 aliphatic carbocycles. The van der Waals surface area contributed by atoms with Gasteiger partial charge >= 0.3 is 0 Å². The second-order valence-electron chi connectivity index (χ2n) is 4.43. The quantitative estimate of drug-likeness (QED) is 0.586. The van der Waals surface area contributed by atoms with Crippen LogP contribution in [0.5, 0.6) is 0 Å². The predicted molar refractivity (Wildman–Crippen MR) is 50.7 cm³/mol. The molecule has 0 saturated heterocycles. The summed E-state index contributed by atoms with van der Waals surface area (Å²) in [5.74, 6) is 0. The molecule has 1 fully saturated rings. The van der Waals surface area contributed by atoms with Crippen molar-refractivity contribution in [3.63, 3.8) is 0 Å². The maximum atomic E-state index is 11.5. The first kappa shape index (κ1) is 7.36. The zero-order valence-electron chi connectivity index (χ0n) is 7.62. The van der Waals surface area contributed by atoms with E-state index in [2.05, 4.69) is 6.07 Å². The van der Waals surface area contributed by atoms with Crippen LogP contribution in [0, 0.1) is 5.41 Å². The molecule has 2 heteroatoms. The second kappa shape index (κ2) is 2.25. The molecule has 0 unspecified atom stereocenters. The Balaban J connectivity index is 2.10. The molecule has 0 bridgehead atoms. The lowest BCUT2D eigenvalue weighted by atomic mass is 9.92. The second-order valence-corrected chi connectivity index (χ2v) is 4.43. The van der Waals surface area contributed by atoms with Crippen molar-refractivity contribution in [2.24, 2.45) is 5.41 Å². The molecule has 0 amide bonds. The smallest absolute Gasteiger partial charge is 0.250 e. The average Bonchev–Trinajstić information content (AvgIpc) is 2.85. The summed E-state index contributed by atoms with van der Waals surface area (Å²) in [6, 6.07) is 5.64. The Kier molecular flexibility index (Phi) is 1.27. The van der Waals surface area contributed by atoms with Crippen LogP contribution in [0.2, 0.25) is 0 Å². The van der Waals surface area contributed by atoms with E-state index in [0.717, 1.165) is 13.0 Å². The first-order chi connectivity index (χ1) is 6.29. The molecule has 0 aromatic carbocycles. The Hall–Kier alpha value is -1.05. The monoisotopic (exact) mass is 175 g/mol.